The van der Waals surface area contributed by atoms with Gasteiger partial charge < -0.3 is 5.32 Å². The molecule has 0 radical (unpaired) electrons. The van der Waals surface area contributed by atoms with Crippen molar-refractivity contribution in [2.75, 3.05) is 0 Å². The highest BCUT2D eigenvalue weighted by Crippen LogP contribution is 2.34. The number of halogens is 3. The molecule has 1 heterocycles. The lowest BCUT2D eigenvalue weighted by Gasteiger charge is -2.16. The van der Waals surface area contributed by atoms with Crippen molar-refractivity contribution in [3.8, 4) is 11.4 Å². The van der Waals surface area contributed by atoms with Crippen LogP contribution in [-0.2, 0) is 6.42 Å². The number of tetrazole rings is 1. The zero-order chi connectivity index (χ0) is 18.3. The molecule has 132 valence electrons. The van der Waals surface area contributed by atoms with E-state index >= 15 is 0 Å². The number of aromatic amines is 1. The molecule has 9 heteroatoms. The zero-order valence-corrected chi connectivity index (χ0v) is 14.8. The van der Waals surface area contributed by atoms with Crippen molar-refractivity contribution >= 4 is 29.1 Å². The zero-order valence-electron chi connectivity index (χ0n) is 13.3. The van der Waals surface area contributed by atoms with Gasteiger partial charge in [-0.05, 0) is 53.4 Å². The molecule has 1 aromatic heterocycles. The lowest BCUT2D eigenvalue weighted by atomic mass is 10.1. The van der Waals surface area contributed by atoms with E-state index < -0.39 is 5.91 Å². The van der Waals surface area contributed by atoms with Gasteiger partial charge in [0.2, 0.25) is 5.82 Å². The molecule has 6 nitrogen and oxygen atoms in total. The van der Waals surface area contributed by atoms with Crippen molar-refractivity contribution in [1.82, 2.24) is 25.9 Å². The average Bonchev–Trinajstić information content (AvgIpc) is 3.24. The van der Waals surface area contributed by atoms with E-state index in [0.29, 0.717) is 17.8 Å². The predicted octanol–water partition coefficient (Wildman–Crippen LogP) is 3.73. The van der Waals surface area contributed by atoms with E-state index in [1.54, 1.807) is 18.2 Å². The maximum Gasteiger partial charge on any atom is 0.254 e. The smallest absolute Gasteiger partial charge is 0.254 e. The van der Waals surface area contributed by atoms with E-state index in [9.17, 15) is 9.18 Å². The van der Waals surface area contributed by atoms with Gasteiger partial charge >= 0.3 is 0 Å². The highest BCUT2D eigenvalue weighted by atomic mass is 35.5. The minimum absolute atomic E-state index is 0.158. The van der Waals surface area contributed by atoms with Gasteiger partial charge in [0.1, 0.15) is 5.82 Å². The maximum atomic E-state index is 13.5. The molecule has 1 aliphatic carbocycles. The fourth-order valence-electron chi connectivity index (χ4n) is 3.16. The van der Waals surface area contributed by atoms with Crippen LogP contribution in [0.5, 0.6) is 0 Å². The first kappa shape index (κ1) is 16.9. The van der Waals surface area contributed by atoms with Crippen LogP contribution >= 0.6 is 23.2 Å². The molecule has 1 amide bonds. The lowest BCUT2D eigenvalue weighted by Crippen LogP contribution is -2.27. The van der Waals surface area contributed by atoms with Gasteiger partial charge in [0.05, 0.1) is 21.7 Å². The van der Waals surface area contributed by atoms with Gasteiger partial charge in [0.15, 0.2) is 0 Å². The normalized spacial score (nSPS) is 15.7. The van der Waals surface area contributed by atoms with Crippen molar-refractivity contribution in [3.63, 3.8) is 0 Å². The summed E-state index contributed by atoms with van der Waals surface area (Å²) < 4.78 is 13.5. The number of nitrogens with one attached hydrogen (secondary N) is 2. The second-order valence-electron chi connectivity index (χ2n) is 5.96. The van der Waals surface area contributed by atoms with Gasteiger partial charge in [-0.1, -0.05) is 29.3 Å². The molecule has 0 bridgehead atoms. The summed E-state index contributed by atoms with van der Waals surface area (Å²) in [5.74, 6) is -0.423. The number of carbonyl (C=O) groups excluding carboxylic acids is 1. The highest BCUT2D eigenvalue weighted by Gasteiger charge is 2.26. The predicted molar refractivity (Wildman–Crippen MR) is 94.6 cm³/mol. The molecule has 0 saturated carbocycles. The molecule has 0 saturated heterocycles. The summed E-state index contributed by atoms with van der Waals surface area (Å²) >= 11 is 12.5. The van der Waals surface area contributed by atoms with Gasteiger partial charge in [-0.3, -0.25) is 4.79 Å². The summed E-state index contributed by atoms with van der Waals surface area (Å²) in [4.78, 5) is 12.7. The Labute approximate surface area is 157 Å². The van der Waals surface area contributed by atoms with Crippen molar-refractivity contribution in [2.24, 2.45) is 0 Å². The number of hydrogen-bond donors (Lipinski definition) is 2. The second-order valence-corrected chi connectivity index (χ2v) is 6.77. The molecule has 1 aliphatic rings. The molecule has 0 aliphatic heterocycles. The Balaban J connectivity index is 1.61. The second kappa shape index (κ2) is 6.66. The number of H-pyrrole nitrogens is 1. The fraction of sp³-hybridized carbons (Fsp3) is 0.176. The number of aromatic nitrogens is 4. The Hall–Kier alpha value is -2.51. The van der Waals surface area contributed by atoms with Crippen LogP contribution in [0.1, 0.15) is 33.9 Å². The standard InChI is InChI=1S/C17H12Cl2FN5O/c18-12-5-9(16-22-24-25-23-16)6-13(19)15(12)17(26)21-14-4-2-8-1-3-10(20)7-11(8)14/h1,3,5-7,14H,2,4H2,(H,21,26)(H,22,23,24,25). The van der Waals surface area contributed by atoms with Crippen LogP contribution in [0.4, 0.5) is 4.39 Å². The first-order chi connectivity index (χ1) is 12.5. The number of carbonyl (C=O) groups is 1. The minimum atomic E-state index is -0.415. The van der Waals surface area contributed by atoms with Crippen molar-refractivity contribution in [2.45, 2.75) is 18.9 Å². The number of benzene rings is 2. The Morgan fingerprint density at radius 2 is 2.00 bits per heavy atom. The first-order valence-electron chi connectivity index (χ1n) is 7.85. The summed E-state index contributed by atoms with van der Waals surface area (Å²) in [5.41, 5.74) is 2.51. The Morgan fingerprint density at radius 3 is 2.69 bits per heavy atom. The Kier molecular flexibility index (Phi) is 4.34. The third-order valence-electron chi connectivity index (χ3n) is 4.36. The number of amides is 1. The molecule has 3 aromatic rings. The SMILES string of the molecule is O=C(NC1CCc2ccc(F)cc21)c1c(Cl)cc(-c2nn[nH]n2)cc1Cl. The number of aryl methyl sites for hydroxylation is 1. The van der Waals surface area contributed by atoms with Crippen LogP contribution in [0.2, 0.25) is 10.0 Å². The minimum Gasteiger partial charge on any atom is -0.345 e. The van der Waals surface area contributed by atoms with Gasteiger partial charge in [-0.15, -0.1) is 10.2 Å². The van der Waals surface area contributed by atoms with E-state index in [4.69, 9.17) is 23.2 Å². The van der Waals surface area contributed by atoms with E-state index in [1.807, 2.05) is 0 Å². The summed E-state index contributed by atoms with van der Waals surface area (Å²) in [7, 11) is 0. The van der Waals surface area contributed by atoms with Crippen molar-refractivity contribution < 1.29 is 9.18 Å². The average molecular weight is 392 g/mol. The third-order valence-corrected chi connectivity index (χ3v) is 4.96. The quantitative estimate of drug-likeness (QED) is 0.712. The molecule has 0 fully saturated rings. The van der Waals surface area contributed by atoms with E-state index in [2.05, 4.69) is 25.9 Å². The summed E-state index contributed by atoms with van der Waals surface area (Å²) in [5, 5.41) is 16.8. The molecule has 2 N–H and O–H groups in total. The van der Waals surface area contributed by atoms with Crippen LogP contribution in [-0.4, -0.2) is 26.5 Å². The molecular formula is C17H12Cl2FN5O. The van der Waals surface area contributed by atoms with Crippen LogP contribution in [0, 0.1) is 5.82 Å². The molecule has 1 unspecified atom stereocenters. The number of nitrogens with zero attached hydrogens (tertiary/aromatic N) is 3. The van der Waals surface area contributed by atoms with Crippen molar-refractivity contribution in [3.05, 3.63) is 62.9 Å². The lowest BCUT2D eigenvalue weighted by molar-refractivity contribution is 0.0937. The maximum absolute atomic E-state index is 13.5. The van der Waals surface area contributed by atoms with Gasteiger partial charge in [0.25, 0.3) is 5.91 Å². The van der Waals surface area contributed by atoms with Crippen LogP contribution in [0.3, 0.4) is 0 Å². The third kappa shape index (κ3) is 3.04. The Bertz CT molecular complexity index is 970. The topological polar surface area (TPSA) is 83.6 Å². The summed E-state index contributed by atoms with van der Waals surface area (Å²) in [6, 6.07) is 7.45. The van der Waals surface area contributed by atoms with E-state index in [1.165, 1.54) is 12.1 Å². The largest absolute Gasteiger partial charge is 0.345 e. The molecule has 26 heavy (non-hydrogen) atoms. The van der Waals surface area contributed by atoms with Crippen LogP contribution in [0.15, 0.2) is 30.3 Å². The van der Waals surface area contributed by atoms with Gasteiger partial charge in [-0.2, -0.15) is 5.21 Å². The van der Waals surface area contributed by atoms with E-state index in [-0.39, 0.29) is 27.5 Å². The molecule has 4 rings (SSSR count). The first-order valence-corrected chi connectivity index (χ1v) is 8.60. The fourth-order valence-corrected chi connectivity index (χ4v) is 3.82. The summed E-state index contributed by atoms with van der Waals surface area (Å²) in [6.07, 6.45) is 1.47. The number of fused-ring (bicyclic) bond motifs is 1. The summed E-state index contributed by atoms with van der Waals surface area (Å²) in [6.45, 7) is 0. The number of hydrogen-bond acceptors (Lipinski definition) is 4. The Morgan fingerprint density at radius 1 is 1.23 bits per heavy atom. The van der Waals surface area contributed by atoms with Gasteiger partial charge in [0, 0.05) is 5.56 Å². The van der Waals surface area contributed by atoms with Crippen LogP contribution in [0.25, 0.3) is 11.4 Å². The molecule has 1 atom stereocenters. The molecule has 2 aromatic carbocycles. The highest BCUT2D eigenvalue weighted by molar-refractivity contribution is 6.40. The van der Waals surface area contributed by atoms with Gasteiger partial charge in [-0.25, -0.2) is 4.39 Å². The number of rotatable bonds is 3. The van der Waals surface area contributed by atoms with E-state index in [0.717, 1.165) is 17.5 Å². The molecular weight excluding hydrogens is 380 g/mol. The monoisotopic (exact) mass is 391 g/mol. The van der Waals surface area contributed by atoms with Crippen LogP contribution < -0.4 is 5.32 Å². The van der Waals surface area contributed by atoms with Crippen molar-refractivity contribution in [1.29, 1.82) is 0 Å². The molecule has 0 spiro atoms.